The van der Waals surface area contributed by atoms with E-state index < -0.39 is 0 Å². The second kappa shape index (κ2) is 43.0. The van der Waals surface area contributed by atoms with Crippen molar-refractivity contribution in [2.45, 2.75) is 288 Å². The Morgan fingerprint density at radius 3 is 0.700 bits per heavy atom. The molecule has 0 heterocycles. The Bertz CT molecular complexity index is 798. The molecule has 0 amide bonds. The zero-order valence-corrected chi connectivity index (χ0v) is 46.0. The fraction of sp³-hybridized carbons (Fsp3) is 1.00. The molecule has 0 saturated carbocycles. The van der Waals surface area contributed by atoms with Gasteiger partial charge in [-0.2, -0.15) is 0 Å². The van der Waals surface area contributed by atoms with Gasteiger partial charge in [-0.3, -0.25) is 0 Å². The quantitative estimate of drug-likeness (QED) is 0.0577. The monoisotopic (exact) mass is 852 g/mol. The van der Waals surface area contributed by atoms with Gasteiger partial charge in [0, 0.05) is 11.3 Å². The highest BCUT2D eigenvalue weighted by atomic mass is 14.2. The van der Waals surface area contributed by atoms with Crippen molar-refractivity contribution in [2.75, 3.05) is 0 Å². The van der Waals surface area contributed by atoms with Gasteiger partial charge in [-0.05, 0) is 140 Å². The molecule has 0 aliphatic carbocycles. The van der Waals surface area contributed by atoms with E-state index in [4.69, 9.17) is 0 Å². The Labute approximate surface area is 392 Å². The van der Waals surface area contributed by atoms with Crippen LogP contribution in [0, 0.1) is 94.7 Å². The third-order valence-corrected chi connectivity index (χ3v) is 14.6. The molecule has 0 bridgehead atoms. The van der Waals surface area contributed by atoms with E-state index in [0.717, 1.165) is 94.7 Å². The summed E-state index contributed by atoms with van der Waals surface area (Å²) in [6.07, 6.45) is 28.2. The normalized spacial score (nSPS) is 18.1. The Morgan fingerprint density at radius 1 is 0.233 bits per heavy atom. The average Bonchev–Trinajstić information content (AvgIpc) is 3.12. The molecule has 60 heavy (non-hydrogen) atoms. The van der Waals surface area contributed by atoms with Crippen LogP contribution >= 0.6 is 0 Å². The smallest absolute Gasteiger partial charge is 0 e. The fourth-order valence-corrected chi connectivity index (χ4v) is 9.92. The number of rotatable bonds is 33. The molecule has 0 nitrogen and oxygen atoms in total. The van der Waals surface area contributed by atoms with Gasteiger partial charge in [0.1, 0.15) is 0 Å². The van der Waals surface area contributed by atoms with Crippen molar-refractivity contribution < 1.29 is 2.85 Å². The first kappa shape index (κ1) is 69.1. The summed E-state index contributed by atoms with van der Waals surface area (Å²) in [5, 5.41) is 0. The van der Waals surface area contributed by atoms with E-state index in [9.17, 15) is 0 Å². The van der Waals surface area contributed by atoms with Crippen molar-refractivity contribution in [3.8, 4) is 0 Å². The topological polar surface area (TPSA) is 0 Å². The standard InChI is InChI=1S/C20H42.2C19H40.CH4.B.2H2/c1-9-16(4)13-18(6)14-20(8)19(7)11-10-17(5)12-15(2)3;2*1-8-16(4)14-19(7)12-10-17(5)9-11-18(6)13-15(2)3;;;;/h15-20H,9-14H2,1-8H3;2*15-19H,8-14H2,1-7H3;1H4;;2*1H/i;;;;;2*1+1. The van der Waals surface area contributed by atoms with Crippen LogP contribution in [0.3, 0.4) is 0 Å². The summed E-state index contributed by atoms with van der Waals surface area (Å²) in [6.45, 7) is 52.7. The minimum atomic E-state index is 0. The lowest BCUT2D eigenvalue weighted by Crippen LogP contribution is -2.15. The molecule has 0 fully saturated rings. The van der Waals surface area contributed by atoms with E-state index in [2.05, 4.69) is 152 Å². The highest BCUT2D eigenvalue weighted by molar-refractivity contribution is 5.75. The maximum atomic E-state index is 2.48. The van der Waals surface area contributed by atoms with E-state index in [1.165, 1.54) is 128 Å². The summed E-state index contributed by atoms with van der Waals surface area (Å²) in [6, 6.07) is 0. The summed E-state index contributed by atoms with van der Waals surface area (Å²) in [7, 11) is 0. The second-order valence-electron chi connectivity index (χ2n) is 24.1. The molecular weight excluding hydrogens is 719 g/mol. The molecule has 3 radical (unpaired) electrons. The molecule has 0 aliphatic heterocycles. The van der Waals surface area contributed by atoms with Gasteiger partial charge in [0.25, 0.3) is 0 Å². The number of hydrogen-bond acceptors (Lipinski definition) is 0. The zero-order chi connectivity index (χ0) is 45.4. The Balaban J connectivity index is -0.000000142. The predicted molar refractivity (Wildman–Crippen MR) is 290 cm³/mol. The second-order valence-corrected chi connectivity index (χ2v) is 24.1. The predicted octanol–water partition coefficient (Wildman–Crippen LogP) is 21.8. The van der Waals surface area contributed by atoms with Crippen LogP contribution in [0.2, 0.25) is 0 Å². The lowest BCUT2D eigenvalue weighted by Gasteiger charge is -2.26. The zero-order valence-electron chi connectivity index (χ0n) is 46.0. The lowest BCUT2D eigenvalue weighted by molar-refractivity contribution is 0.256. The highest BCUT2D eigenvalue weighted by Gasteiger charge is 2.18. The SMILES string of the molecule is C.CCC(C)CC(C)CC(C)C(C)CCC(C)CC(C)C.CCC(C)CC(C)CCC(C)CCC(C)CC(C)C.CCC(C)CC(C)CCC(C)CCC(C)CC(C)C.[2HH].[2HH].[B]. The van der Waals surface area contributed by atoms with Crippen LogP contribution < -0.4 is 0 Å². The summed E-state index contributed by atoms with van der Waals surface area (Å²) >= 11 is 0. The van der Waals surface area contributed by atoms with Crippen molar-refractivity contribution >= 4 is 8.41 Å². The van der Waals surface area contributed by atoms with Crippen molar-refractivity contribution in [2.24, 2.45) is 94.7 Å². The van der Waals surface area contributed by atoms with Gasteiger partial charge in [-0.1, -0.05) is 243 Å². The number of hydrogen-bond donors (Lipinski definition) is 0. The van der Waals surface area contributed by atoms with Crippen molar-refractivity contribution in [3.05, 3.63) is 0 Å². The van der Waals surface area contributed by atoms with Gasteiger partial charge in [0.05, 0.1) is 0 Å². The van der Waals surface area contributed by atoms with Crippen LogP contribution in [0.5, 0.6) is 0 Å². The van der Waals surface area contributed by atoms with Crippen molar-refractivity contribution in [1.82, 2.24) is 0 Å². The van der Waals surface area contributed by atoms with Gasteiger partial charge < -0.3 is 0 Å². The van der Waals surface area contributed by atoms with Crippen LogP contribution in [0.15, 0.2) is 0 Å². The Morgan fingerprint density at radius 2 is 0.450 bits per heavy atom. The minimum Gasteiger partial charge on any atom is -0.0776 e. The molecule has 1 heteroatoms. The van der Waals surface area contributed by atoms with Crippen LogP contribution in [0.4, 0.5) is 0 Å². The Hall–Kier alpha value is 0.0649. The van der Waals surface area contributed by atoms with Gasteiger partial charge in [-0.25, -0.2) is 0 Å². The van der Waals surface area contributed by atoms with E-state index in [1.54, 1.807) is 0 Å². The van der Waals surface area contributed by atoms with E-state index in [1.807, 2.05) is 0 Å². The molecule has 0 aromatic rings. The van der Waals surface area contributed by atoms with E-state index >= 15 is 0 Å². The van der Waals surface area contributed by atoms with Crippen LogP contribution in [0.25, 0.3) is 0 Å². The molecule has 0 aliphatic rings. The third-order valence-electron chi connectivity index (χ3n) is 14.6. The summed E-state index contributed by atoms with van der Waals surface area (Å²) in [4.78, 5) is 0. The molecule has 0 rings (SSSR count). The van der Waals surface area contributed by atoms with E-state index in [0.29, 0.717) is 0 Å². The van der Waals surface area contributed by atoms with Crippen LogP contribution in [-0.4, -0.2) is 8.41 Å². The summed E-state index contributed by atoms with van der Waals surface area (Å²) in [5.74, 6) is 14.4. The summed E-state index contributed by atoms with van der Waals surface area (Å²) < 4.78 is 0. The van der Waals surface area contributed by atoms with Gasteiger partial charge in [0.15, 0.2) is 0 Å². The van der Waals surface area contributed by atoms with Crippen LogP contribution in [-0.2, 0) is 0 Å². The maximum absolute atomic E-state index is 2.48. The summed E-state index contributed by atoms with van der Waals surface area (Å²) in [5.41, 5.74) is 0. The first-order valence-electron chi connectivity index (χ1n) is 26.9. The maximum Gasteiger partial charge on any atom is 0 e. The molecule has 0 N–H and O–H groups in total. The van der Waals surface area contributed by atoms with Crippen LogP contribution in [0.1, 0.15) is 291 Å². The first-order chi connectivity index (χ1) is 26.9. The van der Waals surface area contributed by atoms with Gasteiger partial charge in [0.2, 0.25) is 0 Å². The van der Waals surface area contributed by atoms with Crippen molar-refractivity contribution in [1.29, 1.82) is 0 Å². The van der Waals surface area contributed by atoms with Gasteiger partial charge in [-0.15, -0.1) is 0 Å². The molecule has 13 atom stereocenters. The molecule has 0 aromatic carbocycles. The average molecular weight is 853 g/mol. The molecular formula is C59H130B. The van der Waals surface area contributed by atoms with Gasteiger partial charge >= 0.3 is 0 Å². The molecule has 0 aromatic heterocycles. The minimum absolute atomic E-state index is 0. The largest absolute Gasteiger partial charge is 0.0776 e. The third kappa shape index (κ3) is 47.5. The molecule has 369 valence electrons. The van der Waals surface area contributed by atoms with Crippen molar-refractivity contribution in [3.63, 3.8) is 0 Å². The first-order valence-corrected chi connectivity index (χ1v) is 26.9. The highest BCUT2D eigenvalue weighted by Crippen LogP contribution is 2.30. The molecule has 0 saturated heterocycles. The fourth-order valence-electron chi connectivity index (χ4n) is 9.92. The molecule has 0 spiro atoms. The lowest BCUT2D eigenvalue weighted by atomic mass is 9.80. The Kier molecular flexibility index (Phi) is 49.5. The van der Waals surface area contributed by atoms with E-state index in [-0.39, 0.29) is 18.7 Å². The molecule has 13 unspecified atom stereocenters.